The molecule has 8 nitrogen and oxygen atoms in total. The van der Waals surface area contributed by atoms with Crippen molar-refractivity contribution in [1.82, 2.24) is 5.32 Å². The molecule has 0 unspecified atom stereocenters. The minimum absolute atomic E-state index is 0.0492. The molecule has 2 heterocycles. The molecule has 2 aliphatic rings. The van der Waals surface area contributed by atoms with E-state index in [0.29, 0.717) is 36.7 Å². The van der Waals surface area contributed by atoms with Crippen LogP contribution in [-0.2, 0) is 4.79 Å². The van der Waals surface area contributed by atoms with E-state index < -0.39 is 0 Å². The Bertz CT molecular complexity index is 884. The monoisotopic (exact) mass is 383 g/mol. The number of ether oxygens (including phenoxy) is 3. The van der Waals surface area contributed by atoms with Crippen molar-refractivity contribution in [2.24, 2.45) is 5.92 Å². The van der Waals surface area contributed by atoms with E-state index in [-0.39, 0.29) is 24.6 Å². The third kappa shape index (κ3) is 3.80. The van der Waals surface area contributed by atoms with Gasteiger partial charge in [-0.2, -0.15) is 0 Å². The summed E-state index contributed by atoms with van der Waals surface area (Å²) >= 11 is 0. The molecule has 3 amide bonds. The first-order valence-electron chi connectivity index (χ1n) is 9.01. The smallest absolute Gasteiger partial charge is 0.319 e. The number of benzene rings is 2. The number of hydrogen-bond acceptors (Lipinski definition) is 5. The molecule has 8 heteroatoms. The van der Waals surface area contributed by atoms with Crippen molar-refractivity contribution in [2.45, 2.75) is 6.42 Å². The highest BCUT2D eigenvalue weighted by Crippen LogP contribution is 2.34. The van der Waals surface area contributed by atoms with Crippen LogP contribution in [0, 0.1) is 5.92 Å². The van der Waals surface area contributed by atoms with Crippen LogP contribution in [0.25, 0.3) is 0 Å². The number of methoxy groups -OCH3 is 1. The van der Waals surface area contributed by atoms with Gasteiger partial charge in [-0.15, -0.1) is 0 Å². The fourth-order valence-electron chi connectivity index (χ4n) is 3.32. The zero-order valence-electron chi connectivity index (χ0n) is 15.4. The van der Waals surface area contributed by atoms with E-state index in [2.05, 4.69) is 10.6 Å². The van der Waals surface area contributed by atoms with Gasteiger partial charge in [0.05, 0.1) is 7.11 Å². The Balaban J connectivity index is 1.29. The summed E-state index contributed by atoms with van der Waals surface area (Å²) in [6.45, 7) is 1.16. The standard InChI is InChI=1S/C20H21N3O5/c1-26-16-5-3-15(4-6-16)23-11-13(8-19(23)24)10-21-20(25)22-14-2-7-17-18(9-14)28-12-27-17/h2-7,9,13H,8,10-12H2,1H3,(H2,21,22,25)/t13-/m0/s1. The second-order valence-electron chi connectivity index (χ2n) is 6.68. The molecule has 4 rings (SSSR count). The van der Waals surface area contributed by atoms with E-state index in [0.717, 1.165) is 11.4 Å². The van der Waals surface area contributed by atoms with Gasteiger partial charge in [-0.05, 0) is 36.4 Å². The number of carbonyl (C=O) groups excluding carboxylic acids is 2. The van der Waals surface area contributed by atoms with Gasteiger partial charge >= 0.3 is 6.03 Å². The average molecular weight is 383 g/mol. The van der Waals surface area contributed by atoms with Crippen LogP contribution < -0.4 is 29.7 Å². The predicted octanol–water partition coefficient (Wildman–Crippen LogP) is 2.60. The summed E-state index contributed by atoms with van der Waals surface area (Å²) in [5, 5.41) is 5.59. The van der Waals surface area contributed by atoms with Gasteiger partial charge in [-0.3, -0.25) is 4.79 Å². The lowest BCUT2D eigenvalue weighted by Gasteiger charge is -2.17. The van der Waals surface area contributed by atoms with Gasteiger partial charge in [0.15, 0.2) is 11.5 Å². The Morgan fingerprint density at radius 1 is 1.18 bits per heavy atom. The molecule has 1 atom stereocenters. The fraction of sp³-hybridized carbons (Fsp3) is 0.300. The van der Waals surface area contributed by atoms with Crippen LogP contribution in [0.2, 0.25) is 0 Å². The Morgan fingerprint density at radius 2 is 1.96 bits per heavy atom. The summed E-state index contributed by atoms with van der Waals surface area (Å²) in [5.74, 6) is 2.11. The van der Waals surface area contributed by atoms with Crippen molar-refractivity contribution in [3.05, 3.63) is 42.5 Å². The molecule has 0 aliphatic carbocycles. The molecule has 2 aliphatic heterocycles. The van der Waals surface area contributed by atoms with Crippen molar-refractivity contribution >= 4 is 23.3 Å². The van der Waals surface area contributed by atoms with Gasteiger partial charge in [-0.25, -0.2) is 4.79 Å². The Kier molecular flexibility index (Phi) is 4.92. The number of urea groups is 1. The van der Waals surface area contributed by atoms with Crippen LogP contribution in [0.15, 0.2) is 42.5 Å². The first-order chi connectivity index (χ1) is 13.6. The van der Waals surface area contributed by atoms with E-state index in [4.69, 9.17) is 14.2 Å². The molecule has 0 spiro atoms. The van der Waals surface area contributed by atoms with Crippen molar-refractivity contribution in [1.29, 1.82) is 0 Å². The van der Waals surface area contributed by atoms with Gasteiger partial charge in [-0.1, -0.05) is 0 Å². The predicted molar refractivity (Wildman–Crippen MR) is 103 cm³/mol. The fourth-order valence-corrected chi connectivity index (χ4v) is 3.32. The normalized spacial score (nSPS) is 17.5. The maximum atomic E-state index is 12.3. The second kappa shape index (κ2) is 7.67. The summed E-state index contributed by atoms with van der Waals surface area (Å²) < 4.78 is 15.7. The minimum atomic E-state index is -0.325. The highest BCUT2D eigenvalue weighted by atomic mass is 16.7. The third-order valence-electron chi connectivity index (χ3n) is 4.77. The molecule has 28 heavy (non-hydrogen) atoms. The molecular weight excluding hydrogens is 362 g/mol. The third-order valence-corrected chi connectivity index (χ3v) is 4.77. The van der Waals surface area contributed by atoms with Crippen LogP contribution in [0.5, 0.6) is 17.2 Å². The number of amides is 3. The summed E-state index contributed by atoms with van der Waals surface area (Å²) in [7, 11) is 1.60. The first-order valence-corrected chi connectivity index (χ1v) is 9.01. The van der Waals surface area contributed by atoms with Crippen molar-refractivity contribution in [2.75, 3.05) is 37.2 Å². The lowest BCUT2D eigenvalue weighted by atomic mass is 10.1. The average Bonchev–Trinajstić information content (AvgIpc) is 3.32. The van der Waals surface area contributed by atoms with Gasteiger partial charge in [0, 0.05) is 42.9 Å². The van der Waals surface area contributed by atoms with Crippen LogP contribution >= 0.6 is 0 Å². The number of nitrogens with one attached hydrogen (secondary N) is 2. The summed E-state index contributed by atoms with van der Waals surface area (Å²) in [5.41, 5.74) is 1.45. The molecule has 2 aromatic carbocycles. The van der Waals surface area contributed by atoms with Crippen LogP contribution in [0.4, 0.5) is 16.2 Å². The Hall–Kier alpha value is -3.42. The largest absolute Gasteiger partial charge is 0.497 e. The van der Waals surface area contributed by atoms with Gasteiger partial charge in [0.2, 0.25) is 12.7 Å². The molecular formula is C20H21N3O5. The van der Waals surface area contributed by atoms with Gasteiger partial charge < -0.3 is 29.7 Å². The van der Waals surface area contributed by atoms with Crippen molar-refractivity contribution in [3.8, 4) is 17.2 Å². The topological polar surface area (TPSA) is 89.1 Å². The Labute approximate surface area is 162 Å². The van der Waals surface area contributed by atoms with Crippen molar-refractivity contribution in [3.63, 3.8) is 0 Å². The zero-order valence-corrected chi connectivity index (χ0v) is 15.4. The lowest BCUT2D eigenvalue weighted by molar-refractivity contribution is -0.117. The maximum Gasteiger partial charge on any atom is 0.319 e. The SMILES string of the molecule is COc1ccc(N2C[C@H](CNC(=O)Nc3ccc4c(c3)OCO4)CC2=O)cc1. The highest BCUT2D eigenvalue weighted by Gasteiger charge is 2.30. The summed E-state index contributed by atoms with van der Waals surface area (Å²) in [6, 6.07) is 12.3. The second-order valence-corrected chi connectivity index (χ2v) is 6.68. The molecule has 2 N–H and O–H groups in total. The van der Waals surface area contributed by atoms with E-state index in [1.54, 1.807) is 30.2 Å². The molecule has 1 fully saturated rings. The van der Waals surface area contributed by atoms with E-state index in [9.17, 15) is 9.59 Å². The van der Waals surface area contributed by atoms with E-state index in [1.807, 2.05) is 24.3 Å². The molecule has 0 bridgehead atoms. The number of rotatable bonds is 5. The quantitative estimate of drug-likeness (QED) is 0.829. The number of hydrogen-bond donors (Lipinski definition) is 2. The first kappa shape index (κ1) is 18.0. The highest BCUT2D eigenvalue weighted by molar-refractivity contribution is 5.96. The van der Waals surface area contributed by atoms with Gasteiger partial charge in [0.1, 0.15) is 5.75 Å². The molecule has 146 valence electrons. The number of fused-ring (bicyclic) bond motifs is 1. The summed E-state index contributed by atoms with van der Waals surface area (Å²) in [6.07, 6.45) is 0.399. The Morgan fingerprint density at radius 3 is 2.75 bits per heavy atom. The maximum absolute atomic E-state index is 12.3. The minimum Gasteiger partial charge on any atom is -0.497 e. The van der Waals surface area contributed by atoms with Crippen LogP contribution in [0.3, 0.4) is 0 Å². The lowest BCUT2D eigenvalue weighted by Crippen LogP contribution is -2.34. The number of carbonyl (C=O) groups is 2. The zero-order chi connectivity index (χ0) is 19.5. The molecule has 1 saturated heterocycles. The van der Waals surface area contributed by atoms with E-state index >= 15 is 0 Å². The molecule has 0 saturated carbocycles. The van der Waals surface area contributed by atoms with Crippen LogP contribution in [0.1, 0.15) is 6.42 Å². The summed E-state index contributed by atoms with van der Waals surface area (Å²) in [4.78, 5) is 26.2. The molecule has 0 radical (unpaired) electrons. The van der Waals surface area contributed by atoms with Crippen LogP contribution in [-0.4, -0.2) is 38.9 Å². The van der Waals surface area contributed by atoms with Crippen molar-refractivity contribution < 1.29 is 23.8 Å². The number of nitrogens with zero attached hydrogens (tertiary/aromatic N) is 1. The number of anilines is 2. The molecule has 2 aromatic rings. The van der Waals surface area contributed by atoms with E-state index in [1.165, 1.54) is 0 Å². The van der Waals surface area contributed by atoms with Gasteiger partial charge in [0.25, 0.3) is 0 Å². The molecule has 0 aromatic heterocycles.